The molecule has 2 aromatic carbocycles. The SMILES string of the molecule is CN1Cc2cccc(O)c2CN2CC[C@@]1(c1ccccc1)C2. The van der Waals surface area contributed by atoms with Gasteiger partial charge in [-0.25, -0.2) is 0 Å². The van der Waals surface area contributed by atoms with E-state index in [1.807, 2.05) is 6.07 Å². The Hall–Kier alpha value is -1.84. The molecule has 2 bridgehead atoms. The van der Waals surface area contributed by atoms with Crippen LogP contribution in [0.25, 0.3) is 0 Å². The molecule has 3 nitrogen and oxygen atoms in total. The van der Waals surface area contributed by atoms with Crippen molar-refractivity contribution < 1.29 is 5.11 Å². The summed E-state index contributed by atoms with van der Waals surface area (Å²) in [4.78, 5) is 4.95. The highest BCUT2D eigenvalue weighted by Gasteiger charge is 2.44. The van der Waals surface area contributed by atoms with Crippen LogP contribution in [0.1, 0.15) is 23.1 Å². The highest BCUT2D eigenvalue weighted by molar-refractivity contribution is 5.40. The third-order valence-electron chi connectivity index (χ3n) is 5.41. The minimum Gasteiger partial charge on any atom is -0.508 e. The van der Waals surface area contributed by atoms with E-state index in [0.717, 1.165) is 38.2 Å². The molecule has 0 aromatic heterocycles. The number of aromatic hydroxyl groups is 1. The molecule has 1 fully saturated rings. The average molecular weight is 294 g/mol. The fourth-order valence-corrected chi connectivity index (χ4v) is 4.10. The smallest absolute Gasteiger partial charge is 0.120 e. The Morgan fingerprint density at radius 2 is 1.82 bits per heavy atom. The molecule has 1 N–H and O–H groups in total. The topological polar surface area (TPSA) is 26.7 Å². The van der Waals surface area contributed by atoms with Gasteiger partial charge in [-0.2, -0.15) is 0 Å². The van der Waals surface area contributed by atoms with Gasteiger partial charge in [-0.1, -0.05) is 42.5 Å². The second-order valence-corrected chi connectivity index (χ2v) is 6.63. The van der Waals surface area contributed by atoms with Gasteiger partial charge in [0.2, 0.25) is 0 Å². The molecule has 2 aromatic rings. The Balaban J connectivity index is 1.80. The molecule has 2 aliphatic rings. The number of fused-ring (bicyclic) bond motifs is 3. The van der Waals surface area contributed by atoms with E-state index in [9.17, 15) is 5.11 Å². The van der Waals surface area contributed by atoms with Crippen molar-refractivity contribution in [3.8, 4) is 5.75 Å². The van der Waals surface area contributed by atoms with E-state index in [1.165, 1.54) is 11.1 Å². The highest BCUT2D eigenvalue weighted by atomic mass is 16.3. The third-order valence-corrected chi connectivity index (χ3v) is 5.41. The van der Waals surface area contributed by atoms with E-state index >= 15 is 0 Å². The van der Waals surface area contributed by atoms with Gasteiger partial charge in [-0.15, -0.1) is 0 Å². The van der Waals surface area contributed by atoms with Crippen LogP contribution in [0.4, 0.5) is 0 Å². The van der Waals surface area contributed by atoms with Crippen LogP contribution in [-0.4, -0.2) is 35.0 Å². The van der Waals surface area contributed by atoms with E-state index in [-0.39, 0.29) is 5.54 Å². The molecule has 114 valence electrons. The van der Waals surface area contributed by atoms with Gasteiger partial charge in [0.1, 0.15) is 5.75 Å². The number of likely N-dealkylation sites (N-methyl/N-ethyl adjacent to an activating group) is 1. The van der Waals surface area contributed by atoms with Gasteiger partial charge < -0.3 is 5.11 Å². The fraction of sp³-hybridized carbons (Fsp3) is 0.368. The van der Waals surface area contributed by atoms with Crippen LogP contribution in [0.2, 0.25) is 0 Å². The van der Waals surface area contributed by atoms with Gasteiger partial charge in [-0.05, 0) is 30.7 Å². The first kappa shape index (κ1) is 13.8. The molecule has 0 aliphatic carbocycles. The molecule has 0 amide bonds. The van der Waals surface area contributed by atoms with Crippen molar-refractivity contribution in [1.82, 2.24) is 9.80 Å². The number of rotatable bonds is 1. The number of benzene rings is 2. The molecule has 2 aliphatic heterocycles. The Morgan fingerprint density at radius 1 is 1.00 bits per heavy atom. The lowest BCUT2D eigenvalue weighted by Gasteiger charge is -2.41. The molecule has 0 radical (unpaired) electrons. The number of hydrogen-bond acceptors (Lipinski definition) is 3. The predicted octanol–water partition coefficient (Wildman–Crippen LogP) is 2.94. The molecule has 1 unspecified atom stereocenters. The van der Waals surface area contributed by atoms with E-state index in [0.29, 0.717) is 5.75 Å². The standard InChI is InChI=1S/C19H22N2O/c1-20-12-15-6-5-9-18(22)17(15)13-21-11-10-19(20,14-21)16-7-3-2-4-8-16/h2-9,22H,10-14H2,1H3/t19-/m0/s1. The van der Waals surface area contributed by atoms with Crippen LogP contribution >= 0.6 is 0 Å². The minimum absolute atomic E-state index is 0.0877. The molecule has 4 rings (SSSR count). The Morgan fingerprint density at radius 3 is 2.64 bits per heavy atom. The number of phenols is 1. The molecule has 0 spiro atoms. The number of hydrogen-bond donors (Lipinski definition) is 1. The zero-order valence-corrected chi connectivity index (χ0v) is 13.0. The van der Waals surface area contributed by atoms with Crippen LogP contribution in [0.15, 0.2) is 48.5 Å². The normalized spacial score (nSPS) is 28.0. The molecule has 22 heavy (non-hydrogen) atoms. The van der Waals surface area contributed by atoms with Gasteiger partial charge >= 0.3 is 0 Å². The van der Waals surface area contributed by atoms with Gasteiger partial charge in [-0.3, -0.25) is 9.80 Å². The van der Waals surface area contributed by atoms with Gasteiger partial charge in [0.05, 0.1) is 5.54 Å². The summed E-state index contributed by atoms with van der Waals surface area (Å²) in [5.74, 6) is 0.435. The molecule has 2 heterocycles. The van der Waals surface area contributed by atoms with E-state index < -0.39 is 0 Å². The van der Waals surface area contributed by atoms with Crippen LogP contribution < -0.4 is 0 Å². The first-order valence-corrected chi connectivity index (χ1v) is 7.98. The highest BCUT2D eigenvalue weighted by Crippen LogP contribution is 2.41. The van der Waals surface area contributed by atoms with E-state index in [2.05, 4.69) is 53.2 Å². The molecule has 2 atom stereocenters. The summed E-state index contributed by atoms with van der Waals surface area (Å²) < 4.78 is 0. The zero-order valence-electron chi connectivity index (χ0n) is 13.0. The summed E-state index contributed by atoms with van der Waals surface area (Å²) in [6.45, 7) is 3.84. The summed E-state index contributed by atoms with van der Waals surface area (Å²) in [6.07, 6.45) is 1.14. The molecule has 3 heteroatoms. The number of nitrogens with zero attached hydrogens (tertiary/aromatic N) is 2. The second-order valence-electron chi connectivity index (χ2n) is 6.63. The van der Waals surface area contributed by atoms with Crippen LogP contribution in [-0.2, 0) is 18.6 Å². The molecule has 0 saturated carbocycles. The third kappa shape index (κ3) is 2.04. The van der Waals surface area contributed by atoms with Crippen LogP contribution in [0, 0.1) is 0 Å². The van der Waals surface area contributed by atoms with E-state index in [1.54, 1.807) is 6.07 Å². The Labute approximate surface area is 131 Å². The maximum Gasteiger partial charge on any atom is 0.120 e. The zero-order chi connectivity index (χ0) is 15.2. The van der Waals surface area contributed by atoms with E-state index in [4.69, 9.17) is 0 Å². The summed E-state index contributed by atoms with van der Waals surface area (Å²) in [5.41, 5.74) is 3.83. The summed E-state index contributed by atoms with van der Waals surface area (Å²) >= 11 is 0. The Bertz CT molecular complexity index is 685. The lowest BCUT2D eigenvalue weighted by molar-refractivity contribution is 0.105. The average Bonchev–Trinajstić information content (AvgIpc) is 2.97. The molecular weight excluding hydrogens is 272 g/mol. The summed E-state index contributed by atoms with van der Waals surface area (Å²) in [7, 11) is 2.22. The van der Waals surface area contributed by atoms with Crippen molar-refractivity contribution in [2.75, 3.05) is 20.1 Å². The minimum atomic E-state index is 0.0877. The van der Waals surface area contributed by atoms with Crippen molar-refractivity contribution in [3.63, 3.8) is 0 Å². The van der Waals surface area contributed by atoms with Gasteiger partial charge in [0.15, 0.2) is 0 Å². The fourth-order valence-electron chi connectivity index (χ4n) is 4.10. The predicted molar refractivity (Wildman–Crippen MR) is 87.6 cm³/mol. The van der Waals surface area contributed by atoms with Crippen LogP contribution in [0.3, 0.4) is 0 Å². The van der Waals surface area contributed by atoms with Gasteiger partial charge in [0.25, 0.3) is 0 Å². The molecular formula is C19H22N2O. The monoisotopic (exact) mass is 294 g/mol. The van der Waals surface area contributed by atoms with Crippen LogP contribution in [0.5, 0.6) is 5.75 Å². The number of phenolic OH excluding ortho intramolecular Hbond substituents is 1. The maximum absolute atomic E-state index is 10.2. The van der Waals surface area contributed by atoms with Gasteiger partial charge in [0, 0.05) is 31.7 Å². The summed E-state index contributed by atoms with van der Waals surface area (Å²) in [5, 5.41) is 10.2. The first-order chi connectivity index (χ1) is 10.7. The van der Waals surface area contributed by atoms with Crippen molar-refractivity contribution in [2.45, 2.75) is 25.0 Å². The first-order valence-electron chi connectivity index (χ1n) is 7.98. The largest absolute Gasteiger partial charge is 0.508 e. The quantitative estimate of drug-likeness (QED) is 0.876. The lowest BCUT2D eigenvalue weighted by atomic mass is 9.86. The lowest BCUT2D eigenvalue weighted by Crippen LogP contribution is -2.46. The second kappa shape index (κ2) is 5.11. The van der Waals surface area contributed by atoms with Crippen molar-refractivity contribution in [2.24, 2.45) is 0 Å². The summed E-state index contributed by atoms with van der Waals surface area (Å²) in [6, 6.07) is 16.8. The van der Waals surface area contributed by atoms with Crippen molar-refractivity contribution in [3.05, 3.63) is 65.2 Å². The maximum atomic E-state index is 10.2. The molecule has 1 saturated heterocycles. The Kier molecular flexibility index (Phi) is 3.21. The van der Waals surface area contributed by atoms with Crippen molar-refractivity contribution in [1.29, 1.82) is 0 Å². The van der Waals surface area contributed by atoms with Crippen molar-refractivity contribution >= 4 is 0 Å².